The van der Waals surface area contributed by atoms with Crippen molar-refractivity contribution in [3.05, 3.63) is 46.0 Å². The molecule has 0 bridgehead atoms. The fourth-order valence-electron chi connectivity index (χ4n) is 1.50. The van der Waals surface area contributed by atoms with Crippen LogP contribution in [-0.2, 0) is 13.6 Å². The van der Waals surface area contributed by atoms with Crippen LogP contribution in [0.15, 0.2) is 40.1 Å². The predicted octanol–water partition coefficient (Wildman–Crippen LogP) is 0.610. The highest BCUT2D eigenvalue weighted by molar-refractivity contribution is 7.07. The zero-order chi connectivity index (χ0) is 13.7. The maximum absolute atomic E-state index is 8.82. The number of aromatic nitrogens is 2. The normalized spacial score (nSPS) is 12.5. The number of rotatable bonds is 4. The van der Waals surface area contributed by atoms with E-state index in [1.165, 1.54) is 5.69 Å². The minimum absolute atomic E-state index is 0.141. The minimum Gasteiger partial charge on any atom is -0.390 e. The van der Waals surface area contributed by atoms with Gasteiger partial charge in [-0.3, -0.25) is 0 Å². The second-order valence-corrected chi connectivity index (χ2v) is 4.99. The molecule has 0 radical (unpaired) electrons. The Hall–Kier alpha value is -1.79. The van der Waals surface area contributed by atoms with Crippen LogP contribution in [0.3, 0.4) is 0 Å². The number of hydrogen-bond donors (Lipinski definition) is 1. The molecule has 0 saturated heterocycles. The van der Waals surface area contributed by atoms with Gasteiger partial charge in [-0.1, -0.05) is 0 Å². The zero-order valence-corrected chi connectivity index (χ0v) is 11.8. The van der Waals surface area contributed by atoms with Crippen LogP contribution in [0.2, 0.25) is 0 Å². The van der Waals surface area contributed by atoms with Gasteiger partial charge >= 0.3 is 0 Å². The summed E-state index contributed by atoms with van der Waals surface area (Å²) in [4.78, 5) is 0.875. The summed E-state index contributed by atoms with van der Waals surface area (Å²) in [6.45, 7) is 2.78. The Morgan fingerprint density at radius 3 is 2.74 bits per heavy atom. The molecule has 5 nitrogen and oxygen atoms in total. The van der Waals surface area contributed by atoms with Gasteiger partial charge in [0.1, 0.15) is 6.61 Å². The number of thiazole rings is 1. The molecule has 0 spiro atoms. The van der Waals surface area contributed by atoms with Gasteiger partial charge in [0.05, 0.1) is 6.21 Å². The highest BCUT2D eigenvalue weighted by atomic mass is 32.1. The lowest BCUT2D eigenvalue weighted by Crippen LogP contribution is -2.34. The summed E-state index contributed by atoms with van der Waals surface area (Å²) in [5, 5.41) is 19.1. The first-order chi connectivity index (χ1) is 9.20. The largest absolute Gasteiger partial charge is 0.390 e. The van der Waals surface area contributed by atoms with Crippen molar-refractivity contribution in [3.8, 4) is 0 Å². The van der Waals surface area contributed by atoms with Crippen molar-refractivity contribution >= 4 is 17.6 Å². The first-order valence-electron chi connectivity index (χ1n) is 5.99. The molecule has 0 aliphatic carbocycles. The molecule has 2 rings (SSSR count). The number of aryl methyl sites for hydroxylation is 1. The van der Waals surface area contributed by atoms with Gasteiger partial charge in [0.25, 0.3) is 0 Å². The summed E-state index contributed by atoms with van der Waals surface area (Å²) in [7, 11) is 1.97. The molecule has 0 saturated carbocycles. The van der Waals surface area contributed by atoms with Crippen LogP contribution in [0.1, 0.15) is 11.3 Å². The third kappa shape index (κ3) is 3.59. The van der Waals surface area contributed by atoms with Crippen molar-refractivity contribution < 1.29 is 9.67 Å². The highest BCUT2D eigenvalue weighted by Crippen LogP contribution is 1.96. The molecular formula is C13H17N4OS+. The smallest absolute Gasteiger partial charge is 0.210 e. The molecule has 0 atom stereocenters. The minimum atomic E-state index is 0.141. The summed E-state index contributed by atoms with van der Waals surface area (Å²) in [6.07, 6.45) is 5.54. The summed E-state index contributed by atoms with van der Waals surface area (Å²) in [6, 6.07) is 3.88. The first kappa shape index (κ1) is 13.6. The number of aliphatic hydroxyl groups is 1. The third-order valence-corrected chi connectivity index (χ3v) is 3.80. The molecule has 2 aromatic heterocycles. The number of nitrogens with zero attached hydrogens (tertiary/aromatic N) is 4. The lowest BCUT2D eigenvalue weighted by Gasteiger charge is -1.93. The van der Waals surface area contributed by atoms with Gasteiger partial charge in [0, 0.05) is 35.8 Å². The first-order valence-corrected chi connectivity index (χ1v) is 6.87. The van der Waals surface area contributed by atoms with Gasteiger partial charge < -0.3 is 9.67 Å². The fraction of sp³-hybridized carbons (Fsp3) is 0.308. The SMILES string of the molecule is Cc1csc(=NN=Cc2cc[n+](CCO)cc2)n1C. The second-order valence-electron chi connectivity index (χ2n) is 4.16. The van der Waals surface area contributed by atoms with Crippen LogP contribution in [0.4, 0.5) is 0 Å². The van der Waals surface area contributed by atoms with Gasteiger partial charge in [-0.2, -0.15) is 5.10 Å². The molecule has 0 aliphatic heterocycles. The molecule has 1 N–H and O–H groups in total. The van der Waals surface area contributed by atoms with Crippen molar-refractivity contribution in [2.75, 3.05) is 6.61 Å². The van der Waals surface area contributed by atoms with E-state index in [2.05, 4.69) is 15.6 Å². The van der Waals surface area contributed by atoms with Crippen LogP contribution in [0.25, 0.3) is 0 Å². The molecule has 100 valence electrons. The van der Waals surface area contributed by atoms with Crippen molar-refractivity contribution in [1.29, 1.82) is 0 Å². The molecule has 0 amide bonds. The Morgan fingerprint density at radius 2 is 2.16 bits per heavy atom. The standard InChI is InChI=1S/C13H17N4OS/c1-11-10-19-13(16(11)2)15-14-9-12-3-5-17(6-4-12)7-8-18/h3-6,9-10,18H,7-8H2,1-2H3/q+1. The van der Waals surface area contributed by atoms with Crippen molar-refractivity contribution in [3.63, 3.8) is 0 Å². The summed E-state index contributed by atoms with van der Waals surface area (Å²) in [5.41, 5.74) is 2.15. The van der Waals surface area contributed by atoms with E-state index in [1.54, 1.807) is 17.6 Å². The lowest BCUT2D eigenvalue weighted by atomic mass is 10.3. The van der Waals surface area contributed by atoms with E-state index in [0.717, 1.165) is 10.4 Å². The molecule has 0 unspecified atom stereocenters. The van der Waals surface area contributed by atoms with Crippen molar-refractivity contribution in [1.82, 2.24) is 4.57 Å². The average molecular weight is 277 g/mol. The summed E-state index contributed by atoms with van der Waals surface area (Å²) in [5.74, 6) is 0. The molecule has 0 aliphatic rings. The number of hydrogen-bond acceptors (Lipinski definition) is 4. The highest BCUT2D eigenvalue weighted by Gasteiger charge is 1.97. The molecule has 0 aromatic carbocycles. The predicted molar refractivity (Wildman–Crippen MR) is 74.9 cm³/mol. The van der Waals surface area contributed by atoms with E-state index in [0.29, 0.717) is 6.54 Å². The van der Waals surface area contributed by atoms with Gasteiger partial charge in [-0.25, -0.2) is 4.57 Å². The number of aliphatic hydroxyl groups excluding tert-OH is 1. The molecule has 19 heavy (non-hydrogen) atoms. The van der Waals surface area contributed by atoms with E-state index >= 15 is 0 Å². The zero-order valence-electron chi connectivity index (χ0n) is 11.0. The molecule has 0 fully saturated rings. The second kappa shape index (κ2) is 6.40. The Balaban J connectivity index is 2.10. The quantitative estimate of drug-likeness (QED) is 0.497. The van der Waals surface area contributed by atoms with Crippen LogP contribution >= 0.6 is 11.3 Å². The fourth-order valence-corrected chi connectivity index (χ4v) is 2.33. The van der Waals surface area contributed by atoms with E-state index in [9.17, 15) is 0 Å². The summed E-state index contributed by atoms with van der Waals surface area (Å²) < 4.78 is 3.92. The van der Waals surface area contributed by atoms with Gasteiger partial charge in [0.2, 0.25) is 4.80 Å². The maximum Gasteiger partial charge on any atom is 0.210 e. The van der Waals surface area contributed by atoms with Crippen molar-refractivity contribution in [2.45, 2.75) is 13.5 Å². The van der Waals surface area contributed by atoms with Crippen LogP contribution < -0.4 is 9.37 Å². The van der Waals surface area contributed by atoms with Crippen LogP contribution in [0.5, 0.6) is 0 Å². The number of pyridine rings is 1. The molecular weight excluding hydrogens is 260 g/mol. The van der Waals surface area contributed by atoms with Gasteiger partial charge in [-0.15, -0.1) is 16.4 Å². The Labute approximate surface area is 115 Å². The summed E-state index contributed by atoms with van der Waals surface area (Å²) >= 11 is 1.57. The molecule has 2 heterocycles. The van der Waals surface area contributed by atoms with Crippen LogP contribution in [-0.4, -0.2) is 22.5 Å². The van der Waals surface area contributed by atoms with Crippen LogP contribution in [0, 0.1) is 6.92 Å². The Bertz CT molecular complexity index is 625. The molecule has 6 heteroatoms. The Kier molecular flexibility index (Phi) is 4.59. The van der Waals surface area contributed by atoms with E-state index in [4.69, 9.17) is 5.11 Å². The topological polar surface area (TPSA) is 53.8 Å². The molecule has 2 aromatic rings. The Morgan fingerprint density at radius 1 is 1.42 bits per heavy atom. The van der Waals surface area contributed by atoms with E-state index in [-0.39, 0.29) is 6.61 Å². The van der Waals surface area contributed by atoms with Gasteiger partial charge in [-0.05, 0) is 6.92 Å². The van der Waals surface area contributed by atoms with Gasteiger partial charge in [0.15, 0.2) is 18.9 Å². The van der Waals surface area contributed by atoms with E-state index < -0.39 is 0 Å². The van der Waals surface area contributed by atoms with Crippen molar-refractivity contribution in [2.24, 2.45) is 17.3 Å². The monoisotopic (exact) mass is 277 g/mol. The third-order valence-electron chi connectivity index (χ3n) is 2.78. The average Bonchev–Trinajstić information content (AvgIpc) is 2.73. The lowest BCUT2D eigenvalue weighted by molar-refractivity contribution is -0.698. The maximum atomic E-state index is 8.82. The van der Waals surface area contributed by atoms with E-state index in [1.807, 2.05) is 47.6 Å².